The number of ether oxygens (including phenoxy) is 1. The molecule has 1 aliphatic rings. The van der Waals surface area contributed by atoms with Crippen molar-refractivity contribution in [3.8, 4) is 11.9 Å². The smallest absolute Gasteiger partial charge is 0.322 e. The maximum atomic E-state index is 12.1. The first kappa shape index (κ1) is 14.9. The van der Waals surface area contributed by atoms with E-state index >= 15 is 0 Å². The number of pyridine rings is 1. The van der Waals surface area contributed by atoms with Crippen LogP contribution in [0.1, 0.15) is 11.1 Å². The Balaban J connectivity index is 1.49. The van der Waals surface area contributed by atoms with Gasteiger partial charge in [0.05, 0.1) is 24.7 Å². The minimum atomic E-state index is -0.146. The largest absolute Gasteiger partial charge is 0.471 e. The Labute approximate surface area is 134 Å². The SMILES string of the molecule is Cc1ccc(NC(=O)N2CC(Oc3cc(C#N)ccn3)C2)cc1. The molecule has 1 aromatic heterocycles. The number of benzene rings is 1. The van der Waals surface area contributed by atoms with Crippen LogP contribution in [0.2, 0.25) is 0 Å². The Morgan fingerprint density at radius 1 is 1.35 bits per heavy atom. The van der Waals surface area contributed by atoms with E-state index in [9.17, 15) is 4.79 Å². The Morgan fingerprint density at radius 3 is 2.78 bits per heavy atom. The molecule has 0 spiro atoms. The highest BCUT2D eigenvalue weighted by atomic mass is 16.5. The molecule has 0 saturated carbocycles. The Hall–Kier alpha value is -3.07. The van der Waals surface area contributed by atoms with E-state index in [-0.39, 0.29) is 12.1 Å². The lowest BCUT2D eigenvalue weighted by atomic mass is 10.2. The van der Waals surface area contributed by atoms with E-state index in [1.807, 2.05) is 37.3 Å². The molecule has 0 unspecified atom stereocenters. The summed E-state index contributed by atoms with van der Waals surface area (Å²) in [6, 6.07) is 12.8. The Morgan fingerprint density at radius 2 is 2.09 bits per heavy atom. The number of rotatable bonds is 3. The van der Waals surface area contributed by atoms with Gasteiger partial charge < -0.3 is 15.0 Å². The minimum Gasteiger partial charge on any atom is -0.471 e. The van der Waals surface area contributed by atoms with Crippen molar-refractivity contribution in [1.82, 2.24) is 9.88 Å². The van der Waals surface area contributed by atoms with Crippen LogP contribution in [-0.2, 0) is 0 Å². The maximum Gasteiger partial charge on any atom is 0.322 e. The molecule has 0 atom stereocenters. The lowest BCUT2D eigenvalue weighted by molar-refractivity contribution is 0.0461. The Kier molecular flexibility index (Phi) is 4.11. The number of urea groups is 1. The molecule has 1 saturated heterocycles. The van der Waals surface area contributed by atoms with Crippen LogP contribution in [0.3, 0.4) is 0 Å². The van der Waals surface area contributed by atoms with Gasteiger partial charge in [-0.15, -0.1) is 0 Å². The summed E-state index contributed by atoms with van der Waals surface area (Å²) < 4.78 is 5.66. The normalized spacial score (nSPS) is 13.8. The van der Waals surface area contributed by atoms with Crippen molar-refractivity contribution < 1.29 is 9.53 Å². The summed E-state index contributed by atoms with van der Waals surface area (Å²) in [5.41, 5.74) is 2.42. The van der Waals surface area contributed by atoms with Crippen molar-refractivity contribution in [2.45, 2.75) is 13.0 Å². The number of hydrogen-bond donors (Lipinski definition) is 1. The number of hydrogen-bond acceptors (Lipinski definition) is 4. The first-order valence-electron chi connectivity index (χ1n) is 7.29. The molecule has 6 nitrogen and oxygen atoms in total. The number of aromatic nitrogens is 1. The molecule has 116 valence electrons. The predicted octanol–water partition coefficient (Wildman–Crippen LogP) is 2.56. The monoisotopic (exact) mass is 308 g/mol. The molecule has 0 radical (unpaired) electrons. The number of amides is 2. The number of anilines is 1. The van der Waals surface area contributed by atoms with Crippen molar-refractivity contribution in [3.05, 3.63) is 53.7 Å². The van der Waals surface area contributed by atoms with Gasteiger partial charge in [0.25, 0.3) is 0 Å². The molecular formula is C17H16N4O2. The molecule has 2 heterocycles. The van der Waals surface area contributed by atoms with Crippen LogP contribution in [0.4, 0.5) is 10.5 Å². The van der Waals surface area contributed by atoms with Crippen molar-refractivity contribution >= 4 is 11.7 Å². The van der Waals surface area contributed by atoms with Crippen LogP contribution >= 0.6 is 0 Å². The van der Waals surface area contributed by atoms with Gasteiger partial charge in [-0.25, -0.2) is 9.78 Å². The van der Waals surface area contributed by atoms with Gasteiger partial charge in [-0.1, -0.05) is 17.7 Å². The molecule has 2 amide bonds. The van der Waals surface area contributed by atoms with Crippen molar-refractivity contribution in [1.29, 1.82) is 5.26 Å². The van der Waals surface area contributed by atoms with Crippen LogP contribution in [0.25, 0.3) is 0 Å². The van der Waals surface area contributed by atoms with Gasteiger partial charge in [0.1, 0.15) is 6.10 Å². The van der Waals surface area contributed by atoms with Gasteiger partial charge in [-0.3, -0.25) is 0 Å². The third-order valence-electron chi connectivity index (χ3n) is 3.59. The molecule has 1 fully saturated rings. The van der Waals surface area contributed by atoms with E-state index in [2.05, 4.69) is 10.3 Å². The fourth-order valence-electron chi connectivity index (χ4n) is 2.23. The second-order valence-electron chi connectivity index (χ2n) is 5.44. The van der Waals surface area contributed by atoms with Crippen molar-refractivity contribution in [3.63, 3.8) is 0 Å². The summed E-state index contributed by atoms with van der Waals surface area (Å²) in [5, 5.41) is 11.7. The van der Waals surface area contributed by atoms with Crippen LogP contribution in [0, 0.1) is 18.3 Å². The number of carbonyl (C=O) groups excluding carboxylic acids is 1. The predicted molar refractivity (Wildman–Crippen MR) is 85.1 cm³/mol. The number of carbonyl (C=O) groups is 1. The summed E-state index contributed by atoms with van der Waals surface area (Å²) in [6.45, 7) is 2.99. The number of nitriles is 1. The first-order valence-corrected chi connectivity index (χ1v) is 7.29. The van der Waals surface area contributed by atoms with Crippen LogP contribution in [-0.4, -0.2) is 35.1 Å². The number of nitrogens with zero attached hydrogens (tertiary/aromatic N) is 3. The average molecular weight is 308 g/mol. The standard InChI is InChI=1S/C17H16N4O2/c1-12-2-4-14(5-3-12)20-17(22)21-10-15(11-21)23-16-8-13(9-18)6-7-19-16/h2-8,15H,10-11H2,1H3,(H,20,22). The van der Waals surface area contributed by atoms with Gasteiger partial charge in [-0.05, 0) is 25.1 Å². The summed E-state index contributed by atoms with van der Waals surface area (Å²) in [6.07, 6.45) is 1.44. The molecule has 3 rings (SSSR count). The summed E-state index contributed by atoms with van der Waals surface area (Å²) >= 11 is 0. The molecule has 1 aliphatic heterocycles. The second kappa shape index (κ2) is 6.36. The first-order chi connectivity index (χ1) is 11.1. The van der Waals surface area contributed by atoms with Gasteiger partial charge in [0, 0.05) is 18.0 Å². The minimum absolute atomic E-state index is 0.0970. The zero-order valence-corrected chi connectivity index (χ0v) is 12.7. The third-order valence-corrected chi connectivity index (χ3v) is 3.59. The average Bonchev–Trinajstić information content (AvgIpc) is 2.52. The van der Waals surface area contributed by atoms with Gasteiger partial charge in [0.15, 0.2) is 0 Å². The molecule has 1 aromatic carbocycles. The summed E-state index contributed by atoms with van der Waals surface area (Å²) in [7, 11) is 0. The van der Waals surface area contributed by atoms with Crippen LogP contribution < -0.4 is 10.1 Å². The van der Waals surface area contributed by atoms with E-state index in [1.54, 1.807) is 17.0 Å². The summed E-state index contributed by atoms with van der Waals surface area (Å²) in [4.78, 5) is 17.8. The van der Waals surface area contributed by atoms with Crippen molar-refractivity contribution in [2.24, 2.45) is 0 Å². The molecule has 2 aromatic rings. The molecule has 23 heavy (non-hydrogen) atoms. The summed E-state index contributed by atoms with van der Waals surface area (Å²) in [5.74, 6) is 0.410. The highest BCUT2D eigenvalue weighted by molar-refractivity contribution is 5.89. The van der Waals surface area contributed by atoms with Crippen LogP contribution in [0.15, 0.2) is 42.6 Å². The fourth-order valence-corrected chi connectivity index (χ4v) is 2.23. The van der Waals surface area contributed by atoms with Gasteiger partial charge in [-0.2, -0.15) is 5.26 Å². The number of likely N-dealkylation sites (tertiary alicyclic amines) is 1. The third kappa shape index (κ3) is 3.58. The molecule has 0 aliphatic carbocycles. The van der Waals surface area contributed by atoms with E-state index < -0.39 is 0 Å². The highest BCUT2D eigenvalue weighted by Gasteiger charge is 2.32. The lowest BCUT2D eigenvalue weighted by Gasteiger charge is -2.38. The van der Waals surface area contributed by atoms with E-state index in [1.165, 1.54) is 6.20 Å². The van der Waals surface area contributed by atoms with E-state index in [0.717, 1.165) is 11.3 Å². The number of aryl methyl sites for hydroxylation is 1. The zero-order chi connectivity index (χ0) is 16.2. The second-order valence-corrected chi connectivity index (χ2v) is 5.44. The molecular weight excluding hydrogens is 292 g/mol. The van der Waals surface area contributed by atoms with Crippen molar-refractivity contribution in [2.75, 3.05) is 18.4 Å². The fraction of sp³-hybridized carbons (Fsp3) is 0.235. The van der Waals surface area contributed by atoms with Gasteiger partial charge in [0.2, 0.25) is 5.88 Å². The maximum absolute atomic E-state index is 12.1. The topological polar surface area (TPSA) is 78.3 Å². The zero-order valence-electron chi connectivity index (χ0n) is 12.7. The number of nitrogens with one attached hydrogen (secondary N) is 1. The highest BCUT2D eigenvalue weighted by Crippen LogP contribution is 2.18. The van der Waals surface area contributed by atoms with Crippen LogP contribution in [0.5, 0.6) is 5.88 Å². The quantitative estimate of drug-likeness (QED) is 0.945. The van der Waals surface area contributed by atoms with E-state index in [4.69, 9.17) is 10.00 Å². The lowest BCUT2D eigenvalue weighted by Crippen LogP contribution is -2.57. The molecule has 1 N–H and O–H groups in total. The molecule has 6 heteroatoms. The molecule has 0 bridgehead atoms. The Bertz CT molecular complexity index is 746. The van der Waals surface area contributed by atoms with E-state index in [0.29, 0.717) is 24.5 Å². The van der Waals surface area contributed by atoms with Gasteiger partial charge >= 0.3 is 6.03 Å².